The molecule has 0 aliphatic carbocycles. The molecule has 166 valence electrons. The van der Waals surface area contributed by atoms with E-state index in [2.05, 4.69) is 4.98 Å². The number of hydrogen-bond acceptors (Lipinski definition) is 5. The van der Waals surface area contributed by atoms with Crippen molar-refractivity contribution in [3.63, 3.8) is 0 Å². The zero-order valence-electron chi connectivity index (χ0n) is 18.7. The van der Waals surface area contributed by atoms with E-state index >= 15 is 0 Å². The molecule has 3 heterocycles. The second kappa shape index (κ2) is 8.05. The summed E-state index contributed by atoms with van der Waals surface area (Å²) in [6.45, 7) is 1.93. The largest absolute Gasteiger partial charge is 0.497 e. The zero-order valence-corrected chi connectivity index (χ0v) is 18.7. The molecule has 0 atom stereocenters. The van der Waals surface area contributed by atoms with Gasteiger partial charge in [0.1, 0.15) is 23.1 Å². The van der Waals surface area contributed by atoms with Gasteiger partial charge in [0.05, 0.1) is 48.5 Å². The van der Waals surface area contributed by atoms with Gasteiger partial charge in [-0.15, -0.1) is 0 Å². The molecule has 0 unspecified atom stereocenters. The molecule has 8 heteroatoms. The summed E-state index contributed by atoms with van der Waals surface area (Å²) in [5.41, 5.74) is 5.16. The van der Waals surface area contributed by atoms with E-state index in [-0.39, 0.29) is 5.82 Å². The Bertz CT molecular complexity index is 1490. The molecule has 0 bridgehead atoms. The van der Waals surface area contributed by atoms with Crippen LogP contribution >= 0.6 is 0 Å². The van der Waals surface area contributed by atoms with Gasteiger partial charge in [0.2, 0.25) is 5.88 Å². The van der Waals surface area contributed by atoms with Crippen molar-refractivity contribution in [2.45, 2.75) is 6.92 Å². The van der Waals surface area contributed by atoms with E-state index in [0.717, 1.165) is 28.0 Å². The molecule has 0 amide bonds. The molecule has 0 radical (unpaired) electrons. The van der Waals surface area contributed by atoms with Crippen LogP contribution in [0.15, 0.2) is 61.1 Å². The van der Waals surface area contributed by atoms with Gasteiger partial charge in [-0.05, 0) is 43.3 Å². The highest BCUT2D eigenvalue weighted by Crippen LogP contribution is 2.34. The van der Waals surface area contributed by atoms with Crippen LogP contribution in [-0.4, -0.2) is 38.3 Å². The average molecular weight is 443 g/mol. The van der Waals surface area contributed by atoms with Gasteiger partial charge in [0.25, 0.3) is 0 Å². The van der Waals surface area contributed by atoms with Crippen molar-refractivity contribution in [1.82, 2.24) is 24.1 Å². The molecule has 0 N–H and O–H groups in total. The molecule has 0 aliphatic heterocycles. The fourth-order valence-electron chi connectivity index (χ4n) is 3.95. The number of benzene rings is 2. The summed E-state index contributed by atoms with van der Waals surface area (Å²) in [6, 6.07) is 14.3. The third-order valence-electron chi connectivity index (χ3n) is 5.63. The van der Waals surface area contributed by atoms with Crippen molar-refractivity contribution in [3.8, 4) is 40.0 Å². The molecular formula is C25H22FN5O2. The lowest BCUT2D eigenvalue weighted by molar-refractivity contribution is 0.396. The Morgan fingerprint density at radius 1 is 0.939 bits per heavy atom. The van der Waals surface area contributed by atoms with Crippen LogP contribution in [0.25, 0.3) is 39.4 Å². The standard InChI is InChI=1S/C25H22FN5O2/c1-15-13-31(14-27-15)22-11-10-20(28-25(22)33-4)17-6-5-7-21-23(17)29-24(30(21)2)18-12-16(32-3)8-9-19(18)26/h5-14H,1-4H3. The first-order chi connectivity index (χ1) is 16.0. The number of nitrogens with zero attached hydrogens (tertiary/aromatic N) is 5. The number of imidazole rings is 2. The number of methoxy groups -OCH3 is 2. The Morgan fingerprint density at radius 2 is 1.79 bits per heavy atom. The molecule has 2 aromatic carbocycles. The second-order valence-electron chi connectivity index (χ2n) is 7.66. The summed E-state index contributed by atoms with van der Waals surface area (Å²) in [5.74, 6) is 1.18. The fourth-order valence-corrected chi connectivity index (χ4v) is 3.95. The highest BCUT2D eigenvalue weighted by Gasteiger charge is 2.19. The van der Waals surface area contributed by atoms with Crippen molar-refractivity contribution in [1.29, 1.82) is 0 Å². The van der Waals surface area contributed by atoms with Crippen molar-refractivity contribution >= 4 is 11.0 Å². The Labute approximate surface area is 190 Å². The molecule has 7 nitrogen and oxygen atoms in total. The molecule has 5 rings (SSSR count). The Balaban J connectivity index is 1.67. The van der Waals surface area contributed by atoms with Crippen LogP contribution in [0.4, 0.5) is 4.39 Å². The lowest BCUT2D eigenvalue weighted by atomic mass is 10.1. The van der Waals surface area contributed by atoms with E-state index in [1.807, 2.05) is 59.6 Å². The summed E-state index contributed by atoms with van der Waals surface area (Å²) in [5, 5.41) is 0. The third-order valence-corrected chi connectivity index (χ3v) is 5.63. The Hall–Kier alpha value is -4.20. The van der Waals surface area contributed by atoms with Crippen LogP contribution in [0.1, 0.15) is 5.69 Å². The van der Waals surface area contributed by atoms with Crippen molar-refractivity contribution in [2.75, 3.05) is 14.2 Å². The smallest absolute Gasteiger partial charge is 0.238 e. The second-order valence-corrected chi connectivity index (χ2v) is 7.66. The normalized spacial score (nSPS) is 11.2. The number of fused-ring (bicyclic) bond motifs is 1. The van der Waals surface area contributed by atoms with Crippen LogP contribution in [0.3, 0.4) is 0 Å². The number of rotatable bonds is 5. The maximum absolute atomic E-state index is 14.7. The van der Waals surface area contributed by atoms with Crippen LogP contribution in [0.2, 0.25) is 0 Å². The molecule has 0 saturated carbocycles. The van der Waals surface area contributed by atoms with Gasteiger partial charge in [-0.25, -0.2) is 19.3 Å². The van der Waals surface area contributed by atoms with Crippen LogP contribution in [0.5, 0.6) is 11.6 Å². The minimum absolute atomic E-state index is 0.365. The van der Waals surface area contributed by atoms with Crippen molar-refractivity contribution < 1.29 is 13.9 Å². The maximum atomic E-state index is 14.7. The van der Waals surface area contributed by atoms with Gasteiger partial charge in [-0.3, -0.25) is 0 Å². The summed E-state index contributed by atoms with van der Waals surface area (Å²) in [7, 11) is 5.01. The lowest BCUT2D eigenvalue weighted by Gasteiger charge is -2.10. The summed E-state index contributed by atoms with van der Waals surface area (Å²) < 4.78 is 29.3. The predicted molar refractivity (Wildman–Crippen MR) is 124 cm³/mol. The number of aryl methyl sites for hydroxylation is 2. The van der Waals surface area contributed by atoms with E-state index in [9.17, 15) is 4.39 Å². The molecule has 0 fully saturated rings. The number of ether oxygens (including phenoxy) is 2. The van der Waals surface area contributed by atoms with E-state index < -0.39 is 0 Å². The first-order valence-electron chi connectivity index (χ1n) is 10.4. The van der Waals surface area contributed by atoms with E-state index in [1.165, 1.54) is 6.07 Å². The highest BCUT2D eigenvalue weighted by atomic mass is 19.1. The third kappa shape index (κ3) is 3.49. The van der Waals surface area contributed by atoms with E-state index in [1.54, 1.807) is 32.7 Å². The van der Waals surface area contributed by atoms with Gasteiger partial charge in [-0.1, -0.05) is 12.1 Å². The van der Waals surface area contributed by atoms with Crippen molar-refractivity contribution in [3.05, 3.63) is 72.6 Å². The number of pyridine rings is 1. The number of para-hydroxylation sites is 1. The number of hydrogen-bond donors (Lipinski definition) is 0. The zero-order chi connectivity index (χ0) is 23.1. The Morgan fingerprint density at radius 3 is 2.52 bits per heavy atom. The minimum Gasteiger partial charge on any atom is -0.497 e. The summed E-state index contributed by atoms with van der Waals surface area (Å²) in [4.78, 5) is 13.8. The number of halogens is 1. The molecule has 0 aliphatic rings. The van der Waals surface area contributed by atoms with Crippen molar-refractivity contribution in [2.24, 2.45) is 7.05 Å². The Kier molecular flexibility index (Phi) is 5.05. The van der Waals surface area contributed by atoms with Crippen LogP contribution < -0.4 is 9.47 Å². The topological polar surface area (TPSA) is 67.0 Å². The van der Waals surface area contributed by atoms with Gasteiger partial charge in [-0.2, -0.15) is 0 Å². The molecule has 3 aromatic heterocycles. The molecule has 0 spiro atoms. The fraction of sp³-hybridized carbons (Fsp3) is 0.160. The molecule has 5 aromatic rings. The number of aromatic nitrogens is 5. The van der Waals surface area contributed by atoms with E-state index in [4.69, 9.17) is 19.4 Å². The monoisotopic (exact) mass is 443 g/mol. The van der Waals surface area contributed by atoms with Gasteiger partial charge in [0.15, 0.2) is 0 Å². The quantitative estimate of drug-likeness (QED) is 0.384. The first-order valence-corrected chi connectivity index (χ1v) is 10.4. The highest BCUT2D eigenvalue weighted by molar-refractivity contribution is 5.93. The predicted octanol–water partition coefficient (Wildman–Crippen LogP) is 4.95. The molecule has 33 heavy (non-hydrogen) atoms. The summed E-state index contributed by atoms with van der Waals surface area (Å²) in [6.07, 6.45) is 3.64. The van der Waals surface area contributed by atoms with Gasteiger partial charge >= 0.3 is 0 Å². The molecular weight excluding hydrogens is 421 g/mol. The first kappa shape index (κ1) is 20.7. The van der Waals surface area contributed by atoms with Crippen LogP contribution in [-0.2, 0) is 7.05 Å². The van der Waals surface area contributed by atoms with E-state index in [0.29, 0.717) is 28.7 Å². The average Bonchev–Trinajstić information content (AvgIpc) is 3.42. The lowest BCUT2D eigenvalue weighted by Crippen LogP contribution is -1.99. The van der Waals surface area contributed by atoms with Gasteiger partial charge in [0, 0.05) is 18.8 Å². The van der Waals surface area contributed by atoms with Gasteiger partial charge < -0.3 is 18.6 Å². The summed E-state index contributed by atoms with van der Waals surface area (Å²) >= 11 is 0. The minimum atomic E-state index is -0.365. The SMILES string of the molecule is COc1ccc(F)c(-c2nc3c(-c4ccc(-n5cnc(C)c5)c(OC)n4)cccc3n2C)c1. The van der Waals surface area contributed by atoms with Crippen LogP contribution in [0, 0.1) is 12.7 Å². The maximum Gasteiger partial charge on any atom is 0.238 e. The molecule has 0 saturated heterocycles.